The number of amides is 1. The highest BCUT2D eigenvalue weighted by atomic mass is 32.2. The lowest BCUT2D eigenvalue weighted by atomic mass is 10.1. The molecule has 1 aliphatic rings. The van der Waals surface area contributed by atoms with Crippen LogP contribution in [0.4, 0.5) is 5.69 Å². The zero-order chi connectivity index (χ0) is 14.3. The molecule has 2 heterocycles. The molecular weight excluding hydrogens is 270 g/mol. The number of carbonyl (C=O) groups excluding carboxylic acids is 1. The van der Waals surface area contributed by atoms with Crippen molar-refractivity contribution in [2.45, 2.75) is 18.6 Å². The van der Waals surface area contributed by atoms with Crippen LogP contribution in [0.5, 0.6) is 0 Å². The predicted octanol–water partition coefficient (Wildman–Crippen LogP) is 2.72. The van der Waals surface area contributed by atoms with Crippen LogP contribution in [0.1, 0.15) is 24.3 Å². The second-order valence-corrected chi connectivity index (χ2v) is 7.67. The molecule has 0 unspecified atom stereocenters. The number of nitrogens with two attached hydrogens (primary N) is 1. The Balaban J connectivity index is 1.88. The van der Waals surface area contributed by atoms with Crippen molar-refractivity contribution in [1.82, 2.24) is 9.88 Å². The molecule has 0 radical (unpaired) electrons. The second-order valence-electron chi connectivity index (χ2n) is 5.86. The fourth-order valence-corrected chi connectivity index (χ4v) is 3.74. The fraction of sp³-hybridized carbons (Fsp3) is 0.400. The van der Waals surface area contributed by atoms with Crippen LogP contribution in [0.25, 0.3) is 10.9 Å². The number of anilines is 1. The van der Waals surface area contributed by atoms with Crippen molar-refractivity contribution >= 4 is 34.3 Å². The van der Waals surface area contributed by atoms with Crippen molar-refractivity contribution in [1.29, 1.82) is 0 Å². The van der Waals surface area contributed by atoms with Crippen molar-refractivity contribution in [3.63, 3.8) is 0 Å². The first-order valence-corrected chi connectivity index (χ1v) is 7.75. The molecule has 5 heteroatoms. The number of carbonyl (C=O) groups is 1. The number of hydrogen-bond donors (Lipinski definition) is 2. The molecule has 106 valence electrons. The molecule has 0 spiro atoms. The number of aromatic amines is 1. The lowest BCUT2D eigenvalue weighted by Gasteiger charge is -2.37. The number of thioether (sulfide) groups is 1. The SMILES string of the molecule is CC1(C)CN(C(=O)c2cc3cc(N)ccc3[nH]2)CCS1. The summed E-state index contributed by atoms with van der Waals surface area (Å²) in [6, 6.07) is 7.53. The number of hydrogen-bond acceptors (Lipinski definition) is 3. The van der Waals surface area contributed by atoms with E-state index in [1.165, 1.54) is 0 Å². The largest absolute Gasteiger partial charge is 0.399 e. The number of nitrogen functional groups attached to an aromatic ring is 1. The number of aromatic nitrogens is 1. The van der Waals surface area contributed by atoms with Crippen LogP contribution in [0.3, 0.4) is 0 Å². The summed E-state index contributed by atoms with van der Waals surface area (Å²) < 4.78 is 0.129. The first kappa shape index (κ1) is 13.4. The molecule has 1 fully saturated rings. The van der Waals surface area contributed by atoms with Crippen LogP contribution < -0.4 is 5.73 Å². The smallest absolute Gasteiger partial charge is 0.270 e. The van der Waals surface area contributed by atoms with Crippen molar-refractivity contribution < 1.29 is 4.79 Å². The van der Waals surface area contributed by atoms with E-state index in [2.05, 4.69) is 18.8 Å². The molecule has 1 saturated heterocycles. The van der Waals surface area contributed by atoms with Gasteiger partial charge in [-0.05, 0) is 38.1 Å². The van der Waals surface area contributed by atoms with Gasteiger partial charge in [-0.3, -0.25) is 4.79 Å². The molecule has 4 nitrogen and oxygen atoms in total. The van der Waals surface area contributed by atoms with Gasteiger partial charge < -0.3 is 15.6 Å². The minimum atomic E-state index is 0.0770. The van der Waals surface area contributed by atoms with E-state index < -0.39 is 0 Å². The Morgan fingerprint density at radius 2 is 2.20 bits per heavy atom. The molecule has 0 saturated carbocycles. The van der Waals surface area contributed by atoms with Crippen LogP contribution in [-0.4, -0.2) is 39.4 Å². The van der Waals surface area contributed by atoms with Crippen molar-refractivity contribution in [3.05, 3.63) is 30.0 Å². The summed E-state index contributed by atoms with van der Waals surface area (Å²) in [4.78, 5) is 17.7. The summed E-state index contributed by atoms with van der Waals surface area (Å²) >= 11 is 1.92. The van der Waals surface area contributed by atoms with Crippen LogP contribution in [0.2, 0.25) is 0 Å². The van der Waals surface area contributed by atoms with Gasteiger partial charge in [0.1, 0.15) is 5.69 Å². The number of benzene rings is 1. The highest BCUT2D eigenvalue weighted by molar-refractivity contribution is 8.00. The monoisotopic (exact) mass is 289 g/mol. The van der Waals surface area contributed by atoms with E-state index in [0.29, 0.717) is 11.4 Å². The van der Waals surface area contributed by atoms with E-state index in [1.807, 2.05) is 40.9 Å². The Hall–Kier alpha value is -1.62. The molecule has 0 bridgehead atoms. The van der Waals surface area contributed by atoms with Gasteiger partial charge in [-0.25, -0.2) is 0 Å². The normalized spacial score (nSPS) is 18.4. The number of nitrogens with zero attached hydrogens (tertiary/aromatic N) is 1. The molecule has 1 aliphatic heterocycles. The third-order valence-corrected chi connectivity index (χ3v) is 4.89. The molecule has 1 amide bonds. The Bertz CT molecular complexity index is 662. The molecular formula is C15H19N3OS. The first-order valence-electron chi connectivity index (χ1n) is 6.76. The van der Waals surface area contributed by atoms with Gasteiger partial charge in [0.25, 0.3) is 5.91 Å². The number of rotatable bonds is 1. The van der Waals surface area contributed by atoms with Crippen molar-refractivity contribution in [3.8, 4) is 0 Å². The molecule has 3 N–H and O–H groups in total. The van der Waals surface area contributed by atoms with Gasteiger partial charge >= 0.3 is 0 Å². The molecule has 3 rings (SSSR count). The number of nitrogens with one attached hydrogen (secondary N) is 1. The number of fused-ring (bicyclic) bond motifs is 1. The lowest BCUT2D eigenvalue weighted by Crippen LogP contribution is -2.46. The zero-order valence-corrected chi connectivity index (χ0v) is 12.6. The Labute approximate surface area is 122 Å². The third-order valence-electron chi connectivity index (χ3n) is 3.59. The Kier molecular flexibility index (Phi) is 3.17. The summed E-state index contributed by atoms with van der Waals surface area (Å²) in [6.45, 7) is 5.96. The van der Waals surface area contributed by atoms with Crippen molar-refractivity contribution in [2.24, 2.45) is 0 Å². The molecule has 0 aliphatic carbocycles. The molecule has 1 aromatic carbocycles. The van der Waals surface area contributed by atoms with Gasteiger partial charge in [0.05, 0.1) is 0 Å². The average Bonchev–Trinajstić information content (AvgIpc) is 2.79. The minimum Gasteiger partial charge on any atom is -0.399 e. The number of H-pyrrole nitrogens is 1. The van der Waals surface area contributed by atoms with Crippen LogP contribution in [0, 0.1) is 0 Å². The minimum absolute atomic E-state index is 0.0770. The third kappa shape index (κ3) is 2.50. The summed E-state index contributed by atoms with van der Waals surface area (Å²) in [6.07, 6.45) is 0. The molecule has 1 aromatic heterocycles. The maximum Gasteiger partial charge on any atom is 0.270 e. The van der Waals surface area contributed by atoms with Gasteiger partial charge in [-0.2, -0.15) is 11.8 Å². The Morgan fingerprint density at radius 3 is 2.95 bits per heavy atom. The van der Waals surface area contributed by atoms with Crippen LogP contribution >= 0.6 is 11.8 Å². The fourth-order valence-electron chi connectivity index (χ4n) is 2.63. The van der Waals surface area contributed by atoms with E-state index in [0.717, 1.165) is 29.7 Å². The highest BCUT2D eigenvalue weighted by Gasteiger charge is 2.30. The van der Waals surface area contributed by atoms with E-state index >= 15 is 0 Å². The average molecular weight is 289 g/mol. The maximum atomic E-state index is 12.6. The quantitative estimate of drug-likeness (QED) is 0.793. The highest BCUT2D eigenvalue weighted by Crippen LogP contribution is 2.30. The Morgan fingerprint density at radius 1 is 1.40 bits per heavy atom. The van der Waals surface area contributed by atoms with Crippen LogP contribution in [-0.2, 0) is 0 Å². The van der Waals surface area contributed by atoms with E-state index in [9.17, 15) is 4.79 Å². The van der Waals surface area contributed by atoms with E-state index in [4.69, 9.17) is 5.73 Å². The topological polar surface area (TPSA) is 62.1 Å². The van der Waals surface area contributed by atoms with Crippen molar-refractivity contribution in [2.75, 3.05) is 24.6 Å². The summed E-state index contributed by atoms with van der Waals surface area (Å²) in [7, 11) is 0. The van der Waals surface area contributed by atoms with Gasteiger partial charge in [0, 0.05) is 40.2 Å². The molecule has 20 heavy (non-hydrogen) atoms. The summed E-state index contributed by atoms with van der Waals surface area (Å²) in [5.74, 6) is 1.07. The standard InChI is InChI=1S/C15H19N3OS/c1-15(2)9-18(5-6-20-15)14(19)13-8-10-7-11(16)3-4-12(10)17-13/h3-4,7-8,17H,5-6,9,16H2,1-2H3. The second kappa shape index (κ2) is 4.74. The molecule has 2 aromatic rings. The zero-order valence-electron chi connectivity index (χ0n) is 11.8. The lowest BCUT2D eigenvalue weighted by molar-refractivity contribution is 0.0743. The predicted molar refractivity (Wildman–Crippen MR) is 85.2 cm³/mol. The first-order chi connectivity index (χ1) is 9.44. The van der Waals surface area contributed by atoms with Gasteiger partial charge in [0.2, 0.25) is 0 Å². The van der Waals surface area contributed by atoms with Crippen LogP contribution in [0.15, 0.2) is 24.3 Å². The summed E-state index contributed by atoms with van der Waals surface area (Å²) in [5.41, 5.74) is 8.09. The van der Waals surface area contributed by atoms with Gasteiger partial charge in [0.15, 0.2) is 0 Å². The van der Waals surface area contributed by atoms with E-state index in [1.54, 1.807) is 0 Å². The maximum absolute atomic E-state index is 12.6. The van der Waals surface area contributed by atoms with E-state index in [-0.39, 0.29) is 10.7 Å². The van der Waals surface area contributed by atoms with Gasteiger partial charge in [-0.15, -0.1) is 0 Å². The summed E-state index contributed by atoms with van der Waals surface area (Å²) in [5, 5.41) is 0.985. The molecule has 0 atom stereocenters. The van der Waals surface area contributed by atoms with Gasteiger partial charge in [-0.1, -0.05) is 0 Å².